The Morgan fingerprint density at radius 3 is 1.96 bits per heavy atom. The van der Waals surface area contributed by atoms with Gasteiger partial charge in [-0.2, -0.15) is 8.42 Å². The lowest BCUT2D eigenvalue weighted by atomic mass is 9.89. The van der Waals surface area contributed by atoms with E-state index in [-0.39, 0.29) is 45.3 Å². The Balaban J connectivity index is 1.79. The maximum absolute atomic E-state index is 14.2. The molecule has 1 aromatic carbocycles. The van der Waals surface area contributed by atoms with E-state index in [1.165, 1.54) is 23.9 Å². The van der Waals surface area contributed by atoms with Gasteiger partial charge in [0.2, 0.25) is 0 Å². The molecule has 1 saturated heterocycles. The molecular weight excluding hydrogens is 596 g/mol. The van der Waals surface area contributed by atoms with E-state index in [2.05, 4.69) is 18.9 Å². The molecule has 1 aliphatic rings. The fourth-order valence-electron chi connectivity index (χ4n) is 5.63. The highest BCUT2D eigenvalue weighted by atomic mass is 32.2. The topological polar surface area (TPSA) is 130 Å². The van der Waals surface area contributed by atoms with Gasteiger partial charge in [0.25, 0.3) is 17.0 Å². The molecule has 3 aromatic rings. The average molecular weight is 643 g/mol. The number of aromatic nitrogens is 3. The fourth-order valence-corrected chi connectivity index (χ4v) is 7.21. The molecule has 1 fully saturated rings. The van der Waals surface area contributed by atoms with Crippen molar-refractivity contribution in [2.45, 2.75) is 109 Å². The molecule has 4 rings (SSSR count). The van der Waals surface area contributed by atoms with Gasteiger partial charge < -0.3 is 18.4 Å². The lowest BCUT2D eigenvalue weighted by molar-refractivity contribution is 0.0187. The predicted molar refractivity (Wildman–Crippen MR) is 174 cm³/mol. The number of carbonyl (C=O) groups is 1. The zero-order chi connectivity index (χ0) is 33.6. The molecule has 3 heterocycles. The summed E-state index contributed by atoms with van der Waals surface area (Å²) in [4.78, 5) is 40.6. The SMILES string of the molecule is CC(C)c1cc(C(C)C)c(S(=O)(=O)Oc2nn(C)c(=O)c3cc(=O)n(C4CCN(C(=O)OC(C)(C)C)CC4)cc23)c(C(C)C)c1. The minimum Gasteiger partial charge on any atom is -0.444 e. The van der Waals surface area contributed by atoms with Crippen LogP contribution < -0.4 is 15.3 Å². The molecule has 246 valence electrons. The van der Waals surface area contributed by atoms with Gasteiger partial charge >= 0.3 is 16.2 Å². The Hall–Kier alpha value is -3.67. The van der Waals surface area contributed by atoms with E-state index in [1.807, 2.05) is 39.8 Å². The molecule has 2 aromatic heterocycles. The Labute approximate surface area is 265 Å². The van der Waals surface area contributed by atoms with Crippen LogP contribution in [0.25, 0.3) is 10.8 Å². The smallest absolute Gasteiger partial charge is 0.410 e. The Morgan fingerprint density at radius 2 is 1.47 bits per heavy atom. The molecule has 0 radical (unpaired) electrons. The summed E-state index contributed by atoms with van der Waals surface area (Å²) in [5, 5.41) is 4.33. The van der Waals surface area contributed by atoms with Crippen molar-refractivity contribution < 1.29 is 22.1 Å². The second-order valence-electron chi connectivity index (χ2n) is 13.8. The normalized spacial score (nSPS) is 15.0. The first-order valence-corrected chi connectivity index (χ1v) is 16.9. The standard InChI is InChI=1S/C33H46N4O7S/c1-19(2)22-15-24(20(3)4)29(25(16-22)21(5)6)45(41,42)44-30-27-18-37(28(38)17-26(27)31(39)35(10)34-30)23-11-13-36(14-12-23)32(40)43-33(7,8)9/h15-21,23H,11-14H2,1-10H3. The number of hydrogen-bond donors (Lipinski definition) is 0. The molecule has 45 heavy (non-hydrogen) atoms. The summed E-state index contributed by atoms with van der Waals surface area (Å²) in [5.74, 6) is -0.323. The number of likely N-dealkylation sites (tertiary alicyclic amines) is 1. The van der Waals surface area contributed by atoms with Crippen molar-refractivity contribution in [3.63, 3.8) is 0 Å². The summed E-state index contributed by atoms with van der Waals surface area (Å²) < 4.78 is 42.1. The van der Waals surface area contributed by atoms with E-state index < -0.39 is 32.9 Å². The van der Waals surface area contributed by atoms with Gasteiger partial charge in [-0.3, -0.25) is 9.59 Å². The van der Waals surface area contributed by atoms with Crippen molar-refractivity contribution in [2.24, 2.45) is 7.05 Å². The van der Waals surface area contributed by atoms with Crippen molar-refractivity contribution in [2.75, 3.05) is 13.1 Å². The van der Waals surface area contributed by atoms with Crippen molar-refractivity contribution in [3.05, 3.63) is 61.8 Å². The van der Waals surface area contributed by atoms with E-state index in [4.69, 9.17) is 8.92 Å². The van der Waals surface area contributed by atoms with Crippen LogP contribution in [0.1, 0.15) is 116 Å². The van der Waals surface area contributed by atoms with E-state index in [1.54, 1.807) is 25.7 Å². The maximum atomic E-state index is 14.2. The second-order valence-corrected chi connectivity index (χ2v) is 15.3. The Kier molecular flexibility index (Phi) is 9.59. The number of ether oxygens (including phenoxy) is 1. The van der Waals surface area contributed by atoms with Gasteiger partial charge in [-0.1, -0.05) is 53.7 Å². The highest BCUT2D eigenvalue weighted by Gasteiger charge is 2.32. The van der Waals surface area contributed by atoms with Gasteiger partial charge in [-0.25, -0.2) is 9.48 Å². The van der Waals surface area contributed by atoms with Crippen LogP contribution >= 0.6 is 0 Å². The first kappa shape index (κ1) is 34.2. The second kappa shape index (κ2) is 12.6. The molecule has 0 atom stereocenters. The van der Waals surface area contributed by atoms with Gasteiger partial charge in [0.05, 0.1) is 10.8 Å². The summed E-state index contributed by atoms with van der Waals surface area (Å²) >= 11 is 0. The average Bonchev–Trinajstić information content (AvgIpc) is 2.93. The zero-order valence-electron chi connectivity index (χ0n) is 28.0. The van der Waals surface area contributed by atoms with Crippen molar-refractivity contribution >= 4 is 27.0 Å². The number of benzene rings is 1. The van der Waals surface area contributed by atoms with Gasteiger partial charge in [0, 0.05) is 38.4 Å². The lowest BCUT2D eigenvalue weighted by Gasteiger charge is -2.34. The van der Waals surface area contributed by atoms with Crippen LogP contribution in [0.4, 0.5) is 4.79 Å². The molecule has 0 aliphatic carbocycles. The number of piperidine rings is 1. The molecule has 11 nitrogen and oxygen atoms in total. The summed E-state index contributed by atoms with van der Waals surface area (Å²) in [5.41, 5.74) is 0.741. The Bertz CT molecular complexity index is 1800. The number of pyridine rings is 1. The molecule has 0 bridgehead atoms. The summed E-state index contributed by atoms with van der Waals surface area (Å²) in [6.45, 7) is 18.0. The van der Waals surface area contributed by atoms with E-state index >= 15 is 0 Å². The van der Waals surface area contributed by atoms with Crippen molar-refractivity contribution in [1.29, 1.82) is 0 Å². The van der Waals surface area contributed by atoms with Crippen molar-refractivity contribution in [1.82, 2.24) is 19.2 Å². The summed E-state index contributed by atoms with van der Waals surface area (Å²) in [6, 6.07) is 4.75. The number of fused-ring (bicyclic) bond motifs is 1. The minimum absolute atomic E-state index is 0.00784. The molecule has 0 unspecified atom stereocenters. The fraction of sp³-hybridized carbons (Fsp3) is 0.576. The van der Waals surface area contributed by atoms with Crippen LogP contribution in [0.15, 0.2) is 38.9 Å². The van der Waals surface area contributed by atoms with E-state index in [9.17, 15) is 22.8 Å². The van der Waals surface area contributed by atoms with E-state index in [0.717, 1.165) is 10.2 Å². The van der Waals surface area contributed by atoms with Crippen LogP contribution in [-0.4, -0.2) is 52.4 Å². The molecular formula is C33H46N4O7S. The number of hydrogen-bond acceptors (Lipinski definition) is 8. The molecule has 0 saturated carbocycles. The molecule has 1 amide bonds. The summed E-state index contributed by atoms with van der Waals surface area (Å²) in [7, 11) is -3.05. The van der Waals surface area contributed by atoms with Gasteiger partial charge in [-0.15, -0.1) is 5.10 Å². The van der Waals surface area contributed by atoms with Crippen LogP contribution in [0, 0.1) is 0 Å². The van der Waals surface area contributed by atoms with Gasteiger partial charge in [-0.05, 0) is 68.1 Å². The number of amides is 1. The molecule has 0 N–H and O–H groups in total. The lowest BCUT2D eigenvalue weighted by Crippen LogP contribution is -2.43. The van der Waals surface area contributed by atoms with Crippen molar-refractivity contribution in [3.8, 4) is 5.88 Å². The number of nitrogens with zero attached hydrogens (tertiary/aromatic N) is 4. The van der Waals surface area contributed by atoms with Crippen LogP contribution in [0.3, 0.4) is 0 Å². The zero-order valence-corrected chi connectivity index (χ0v) is 28.8. The first-order valence-electron chi connectivity index (χ1n) is 15.5. The minimum atomic E-state index is -4.43. The van der Waals surface area contributed by atoms with Crippen LogP contribution in [0.5, 0.6) is 5.88 Å². The quantitative estimate of drug-likeness (QED) is 0.296. The predicted octanol–water partition coefficient (Wildman–Crippen LogP) is 5.81. The van der Waals surface area contributed by atoms with Crippen LogP contribution in [0.2, 0.25) is 0 Å². The van der Waals surface area contributed by atoms with E-state index in [0.29, 0.717) is 37.1 Å². The van der Waals surface area contributed by atoms with Gasteiger partial charge in [0.15, 0.2) is 0 Å². The third-order valence-electron chi connectivity index (χ3n) is 8.10. The Morgan fingerprint density at radius 1 is 0.911 bits per heavy atom. The maximum Gasteiger partial charge on any atom is 0.410 e. The number of rotatable bonds is 7. The van der Waals surface area contributed by atoms with Gasteiger partial charge in [0.1, 0.15) is 10.5 Å². The number of carbonyl (C=O) groups excluding carboxylic acids is 1. The monoisotopic (exact) mass is 642 g/mol. The molecule has 12 heteroatoms. The van der Waals surface area contributed by atoms with Crippen LogP contribution in [-0.2, 0) is 21.9 Å². The summed E-state index contributed by atoms with van der Waals surface area (Å²) in [6.07, 6.45) is 1.98. The largest absolute Gasteiger partial charge is 0.444 e. The highest BCUT2D eigenvalue weighted by Crippen LogP contribution is 2.37. The third-order valence-corrected chi connectivity index (χ3v) is 9.45. The highest BCUT2D eigenvalue weighted by molar-refractivity contribution is 7.87. The number of aryl methyl sites for hydroxylation is 1. The third kappa shape index (κ3) is 7.26. The molecule has 1 aliphatic heterocycles. The first-order chi connectivity index (χ1) is 20.8. The molecule has 0 spiro atoms.